The van der Waals surface area contributed by atoms with E-state index in [4.69, 9.17) is 17.0 Å². The van der Waals surface area contributed by atoms with E-state index in [2.05, 4.69) is 84.9 Å². The maximum absolute atomic E-state index is 6.68. The van der Waals surface area contributed by atoms with Crippen LogP contribution < -0.4 is 3.27 Å². The Hall–Kier alpha value is -1.66. The maximum atomic E-state index is 6.68. The monoisotopic (exact) mass is 584 g/mol. The summed E-state index contributed by atoms with van der Waals surface area (Å²) in [6, 6.07) is 35.7. The van der Waals surface area contributed by atoms with Gasteiger partial charge in [0.1, 0.15) is 0 Å². The Morgan fingerprint density at radius 1 is 0.444 bits per heavy atom. The van der Waals surface area contributed by atoms with Gasteiger partial charge in [-0.25, -0.2) is 0 Å². The normalized spacial score (nSPS) is 10.9. The molecule has 4 aromatic carbocycles. The van der Waals surface area contributed by atoms with E-state index in [9.17, 15) is 0 Å². The van der Waals surface area contributed by atoms with E-state index in [0.717, 1.165) is 25.5 Å². The van der Waals surface area contributed by atoms with E-state index in [1.54, 1.807) is 0 Å². The van der Waals surface area contributed by atoms with Crippen LogP contribution in [-0.2, 0) is 0 Å². The second-order valence-corrected chi connectivity index (χ2v) is 17.3. The molecule has 0 aliphatic heterocycles. The third-order valence-electron chi connectivity index (χ3n) is 4.56. The van der Waals surface area contributed by atoms with Crippen molar-refractivity contribution in [3.05, 3.63) is 103 Å². The van der Waals surface area contributed by atoms with Gasteiger partial charge in [0, 0.05) is 0 Å². The molecule has 0 aliphatic carbocycles. The topological polar surface area (TPSA) is 0 Å². The van der Waals surface area contributed by atoms with E-state index >= 15 is 0 Å². The van der Waals surface area contributed by atoms with Gasteiger partial charge in [-0.2, -0.15) is 0 Å². The van der Waals surface area contributed by atoms with Crippen molar-refractivity contribution in [2.75, 3.05) is 0 Å². The molecule has 0 unspecified atom stereocenters. The quantitative estimate of drug-likeness (QED) is 0.230. The van der Waals surface area contributed by atoms with Gasteiger partial charge in [-0.05, 0) is 0 Å². The first-order valence-corrected chi connectivity index (χ1v) is 19.0. The van der Waals surface area contributed by atoms with E-state index in [-0.39, 0.29) is 0 Å². The molecular weight excluding hydrogens is 568 g/mol. The molecule has 0 bridgehead atoms. The summed E-state index contributed by atoms with van der Waals surface area (Å²) in [4.78, 5) is 0. The molecule has 0 heterocycles. The SMILES string of the molecule is [Cl][Bi]([Cl])[c]1c(-c2ccccc2)cc(-c2ccccc2)cc1-c1ccccc1. The number of hydrogen-bond donors (Lipinski definition) is 0. The molecule has 0 saturated heterocycles. The predicted octanol–water partition coefficient (Wildman–Crippen LogP) is 6.86. The summed E-state index contributed by atoms with van der Waals surface area (Å²) in [5.74, 6) is 0. The van der Waals surface area contributed by atoms with E-state index in [1.807, 2.05) is 18.2 Å². The minimum absolute atomic E-state index is 1.14. The Morgan fingerprint density at radius 2 is 0.815 bits per heavy atom. The Balaban J connectivity index is 2.05. The molecule has 0 aliphatic rings. The van der Waals surface area contributed by atoms with Crippen molar-refractivity contribution < 1.29 is 0 Å². The first-order chi connectivity index (χ1) is 13.2. The summed E-state index contributed by atoms with van der Waals surface area (Å²) in [5.41, 5.74) is 6.98. The van der Waals surface area contributed by atoms with Gasteiger partial charge in [-0.15, -0.1) is 0 Å². The van der Waals surface area contributed by atoms with Crippen LogP contribution >= 0.6 is 17.0 Å². The molecule has 0 radical (unpaired) electrons. The van der Waals surface area contributed by atoms with Crippen LogP contribution in [0.4, 0.5) is 0 Å². The van der Waals surface area contributed by atoms with Crippen LogP contribution in [0, 0.1) is 0 Å². The second kappa shape index (κ2) is 8.57. The summed E-state index contributed by atoms with van der Waals surface area (Å²) in [6.07, 6.45) is 0. The first-order valence-electron chi connectivity index (χ1n) is 8.70. The van der Waals surface area contributed by atoms with Gasteiger partial charge in [-0.1, -0.05) is 0 Å². The van der Waals surface area contributed by atoms with Crippen molar-refractivity contribution >= 4 is 39.7 Å². The molecule has 0 saturated carbocycles. The molecule has 27 heavy (non-hydrogen) atoms. The second-order valence-electron chi connectivity index (χ2n) is 6.25. The average molecular weight is 585 g/mol. The van der Waals surface area contributed by atoms with Crippen LogP contribution in [0.25, 0.3) is 33.4 Å². The van der Waals surface area contributed by atoms with Crippen molar-refractivity contribution in [1.82, 2.24) is 0 Å². The van der Waals surface area contributed by atoms with Crippen LogP contribution in [0.1, 0.15) is 0 Å². The van der Waals surface area contributed by atoms with Crippen LogP contribution in [0.15, 0.2) is 103 Å². The zero-order chi connectivity index (χ0) is 18.6. The fourth-order valence-corrected chi connectivity index (χ4v) is 9.41. The molecule has 3 heteroatoms. The average Bonchev–Trinajstić information content (AvgIpc) is 2.74. The molecule has 0 aromatic heterocycles. The first kappa shape index (κ1) is 18.7. The fraction of sp³-hybridized carbons (Fsp3) is 0. The number of halogens is 2. The number of hydrogen-bond acceptors (Lipinski definition) is 0. The van der Waals surface area contributed by atoms with Crippen molar-refractivity contribution in [1.29, 1.82) is 0 Å². The Labute approximate surface area is 175 Å². The van der Waals surface area contributed by atoms with Crippen molar-refractivity contribution in [3.8, 4) is 33.4 Å². The standard InChI is InChI=1S/C24H17.Bi.2ClH/c1-4-10-19(11-5-1)22-16-23(20-12-6-2-7-13-20)18-24(17-22)21-14-8-3-9-15-21;;;/h1-17H;;2*1H/q;+2;;/p-2. The van der Waals surface area contributed by atoms with Gasteiger partial charge in [0.15, 0.2) is 0 Å². The molecular formula is C24H17BiCl2. The molecule has 0 nitrogen and oxygen atoms in total. The molecule has 132 valence electrons. The van der Waals surface area contributed by atoms with Crippen LogP contribution in [0.5, 0.6) is 0 Å². The Bertz CT molecular complexity index is 969. The van der Waals surface area contributed by atoms with Crippen LogP contribution in [-0.4, -0.2) is 19.4 Å². The van der Waals surface area contributed by atoms with Crippen molar-refractivity contribution in [2.45, 2.75) is 0 Å². The molecule has 0 atom stereocenters. The van der Waals surface area contributed by atoms with Gasteiger partial charge < -0.3 is 0 Å². The number of benzene rings is 4. The summed E-state index contributed by atoms with van der Waals surface area (Å²) >= 11 is -2.81. The fourth-order valence-electron chi connectivity index (χ4n) is 3.29. The van der Waals surface area contributed by atoms with Crippen molar-refractivity contribution in [2.24, 2.45) is 0 Å². The van der Waals surface area contributed by atoms with Gasteiger partial charge >= 0.3 is 176 Å². The molecule has 4 rings (SSSR count). The summed E-state index contributed by atoms with van der Waals surface area (Å²) < 4.78 is 1.14. The summed E-state index contributed by atoms with van der Waals surface area (Å²) in [6.45, 7) is 0. The zero-order valence-corrected chi connectivity index (χ0v) is 19.5. The molecule has 4 aromatic rings. The van der Waals surface area contributed by atoms with Gasteiger partial charge in [0.25, 0.3) is 0 Å². The molecule has 0 N–H and O–H groups in total. The van der Waals surface area contributed by atoms with Crippen molar-refractivity contribution in [3.63, 3.8) is 0 Å². The van der Waals surface area contributed by atoms with E-state index in [0.29, 0.717) is 0 Å². The van der Waals surface area contributed by atoms with Gasteiger partial charge in [0.05, 0.1) is 0 Å². The van der Waals surface area contributed by atoms with Crippen LogP contribution in [0.3, 0.4) is 0 Å². The van der Waals surface area contributed by atoms with E-state index in [1.165, 1.54) is 11.1 Å². The third kappa shape index (κ3) is 4.12. The third-order valence-corrected chi connectivity index (χ3v) is 10.7. The molecule has 0 spiro atoms. The molecule has 0 amide bonds. The van der Waals surface area contributed by atoms with E-state index < -0.39 is 19.4 Å². The number of rotatable bonds is 4. The molecule has 0 fully saturated rings. The van der Waals surface area contributed by atoms with Gasteiger partial charge in [-0.3, -0.25) is 0 Å². The van der Waals surface area contributed by atoms with Gasteiger partial charge in [0.2, 0.25) is 0 Å². The zero-order valence-electron chi connectivity index (χ0n) is 14.5. The Morgan fingerprint density at radius 3 is 1.19 bits per heavy atom. The summed E-state index contributed by atoms with van der Waals surface area (Å²) in [5, 5.41) is 0. The summed E-state index contributed by atoms with van der Waals surface area (Å²) in [7, 11) is 13.4. The predicted molar refractivity (Wildman–Crippen MR) is 120 cm³/mol. The van der Waals surface area contributed by atoms with Crippen LogP contribution in [0.2, 0.25) is 0 Å². The Kier molecular flexibility index (Phi) is 5.93. The minimum atomic E-state index is -2.81.